The van der Waals surface area contributed by atoms with Crippen molar-refractivity contribution in [1.82, 2.24) is 24.4 Å². The van der Waals surface area contributed by atoms with E-state index in [1.807, 2.05) is 21.7 Å². The van der Waals surface area contributed by atoms with E-state index in [1.54, 1.807) is 25.8 Å². The molecule has 1 aliphatic rings. The molecule has 3 heterocycles. The zero-order valence-corrected chi connectivity index (χ0v) is 12.9. The van der Waals surface area contributed by atoms with E-state index in [2.05, 4.69) is 15.0 Å². The fourth-order valence-electron chi connectivity index (χ4n) is 3.09. The standard InChI is InChI=1S/C16H21N5O/c1-13(22)21-8-3-2-4-15(21)6-5-14-10-16(19-11-18-14)20-9-7-17-12-20/h7,9-12,15H,2-6,8H2,1H3/t15-/m1/s1. The van der Waals surface area contributed by atoms with Crippen molar-refractivity contribution in [1.29, 1.82) is 0 Å². The number of imidazole rings is 1. The molecule has 3 rings (SSSR count). The maximum Gasteiger partial charge on any atom is 0.219 e. The van der Waals surface area contributed by atoms with Crippen molar-refractivity contribution in [2.75, 3.05) is 6.54 Å². The van der Waals surface area contributed by atoms with Crippen LogP contribution in [0.2, 0.25) is 0 Å². The molecule has 0 unspecified atom stereocenters. The van der Waals surface area contributed by atoms with Gasteiger partial charge in [-0.25, -0.2) is 15.0 Å². The summed E-state index contributed by atoms with van der Waals surface area (Å²) >= 11 is 0. The van der Waals surface area contributed by atoms with E-state index < -0.39 is 0 Å². The van der Waals surface area contributed by atoms with Crippen LogP contribution < -0.4 is 0 Å². The number of piperidine rings is 1. The van der Waals surface area contributed by atoms with Gasteiger partial charge in [0.15, 0.2) is 0 Å². The van der Waals surface area contributed by atoms with Gasteiger partial charge in [-0.1, -0.05) is 0 Å². The molecule has 0 radical (unpaired) electrons. The first-order chi connectivity index (χ1) is 10.7. The molecule has 0 spiro atoms. The van der Waals surface area contributed by atoms with Gasteiger partial charge in [-0.3, -0.25) is 9.36 Å². The summed E-state index contributed by atoms with van der Waals surface area (Å²) in [4.78, 5) is 26.4. The summed E-state index contributed by atoms with van der Waals surface area (Å²) in [6.45, 7) is 2.56. The summed E-state index contributed by atoms with van der Waals surface area (Å²) in [5.41, 5.74) is 1.01. The first-order valence-electron chi connectivity index (χ1n) is 7.80. The molecule has 1 atom stereocenters. The summed E-state index contributed by atoms with van der Waals surface area (Å²) in [7, 11) is 0. The van der Waals surface area contributed by atoms with Crippen molar-refractivity contribution < 1.29 is 4.79 Å². The third-order valence-corrected chi connectivity index (χ3v) is 4.24. The Morgan fingerprint density at radius 3 is 3.05 bits per heavy atom. The van der Waals surface area contributed by atoms with Crippen molar-refractivity contribution >= 4 is 5.91 Å². The van der Waals surface area contributed by atoms with Gasteiger partial charge in [0.2, 0.25) is 5.91 Å². The molecule has 22 heavy (non-hydrogen) atoms. The number of nitrogens with zero attached hydrogens (tertiary/aromatic N) is 5. The second kappa shape index (κ2) is 6.68. The highest BCUT2D eigenvalue weighted by Crippen LogP contribution is 2.21. The van der Waals surface area contributed by atoms with Crippen LogP contribution in [-0.4, -0.2) is 42.9 Å². The van der Waals surface area contributed by atoms with Gasteiger partial charge in [-0.05, 0) is 32.1 Å². The second-order valence-electron chi connectivity index (χ2n) is 5.74. The van der Waals surface area contributed by atoms with Crippen LogP contribution in [0, 0.1) is 0 Å². The van der Waals surface area contributed by atoms with Crippen LogP contribution in [0.5, 0.6) is 0 Å². The lowest BCUT2D eigenvalue weighted by Gasteiger charge is -2.35. The number of carbonyl (C=O) groups is 1. The van der Waals surface area contributed by atoms with E-state index in [0.29, 0.717) is 6.04 Å². The van der Waals surface area contributed by atoms with E-state index in [9.17, 15) is 4.79 Å². The number of rotatable bonds is 4. The molecule has 0 N–H and O–H groups in total. The molecule has 1 saturated heterocycles. The molecule has 6 nitrogen and oxygen atoms in total. The smallest absolute Gasteiger partial charge is 0.219 e. The lowest BCUT2D eigenvalue weighted by Crippen LogP contribution is -2.42. The number of aromatic nitrogens is 4. The number of hydrogen-bond donors (Lipinski definition) is 0. The molecule has 0 aromatic carbocycles. The molecule has 1 aliphatic heterocycles. The van der Waals surface area contributed by atoms with Crippen molar-refractivity contribution in [3.63, 3.8) is 0 Å². The average Bonchev–Trinajstić information content (AvgIpc) is 3.08. The van der Waals surface area contributed by atoms with Crippen LogP contribution >= 0.6 is 0 Å². The van der Waals surface area contributed by atoms with E-state index in [4.69, 9.17) is 0 Å². The zero-order chi connectivity index (χ0) is 15.4. The van der Waals surface area contributed by atoms with Gasteiger partial charge in [0.25, 0.3) is 0 Å². The SMILES string of the molecule is CC(=O)N1CCCC[C@@H]1CCc1cc(-n2ccnc2)ncn1. The largest absolute Gasteiger partial charge is 0.340 e. The zero-order valence-electron chi connectivity index (χ0n) is 12.9. The second-order valence-corrected chi connectivity index (χ2v) is 5.74. The van der Waals surface area contributed by atoms with Crippen molar-refractivity contribution in [3.8, 4) is 5.82 Å². The number of likely N-dealkylation sites (tertiary alicyclic amines) is 1. The Bertz CT molecular complexity index is 625. The summed E-state index contributed by atoms with van der Waals surface area (Å²) < 4.78 is 1.87. The monoisotopic (exact) mass is 299 g/mol. The predicted octanol–water partition coefficient (Wildman–Crippen LogP) is 2.00. The number of hydrogen-bond acceptors (Lipinski definition) is 4. The fourth-order valence-corrected chi connectivity index (χ4v) is 3.09. The molecular weight excluding hydrogens is 278 g/mol. The third-order valence-electron chi connectivity index (χ3n) is 4.24. The van der Waals surface area contributed by atoms with Gasteiger partial charge < -0.3 is 4.90 Å². The van der Waals surface area contributed by atoms with Gasteiger partial charge in [-0.2, -0.15) is 0 Å². The molecule has 0 aliphatic carbocycles. The Hall–Kier alpha value is -2.24. The average molecular weight is 299 g/mol. The number of carbonyl (C=O) groups excluding carboxylic acids is 1. The summed E-state index contributed by atoms with van der Waals surface area (Å²) in [5, 5.41) is 0. The molecule has 2 aromatic heterocycles. The molecule has 0 saturated carbocycles. The van der Waals surface area contributed by atoms with Gasteiger partial charge >= 0.3 is 0 Å². The summed E-state index contributed by atoms with van der Waals surface area (Å²) in [6, 6.07) is 2.33. The molecular formula is C16H21N5O. The van der Waals surface area contributed by atoms with Crippen LogP contribution in [0.4, 0.5) is 0 Å². The van der Waals surface area contributed by atoms with Crippen molar-refractivity contribution in [3.05, 3.63) is 36.8 Å². The predicted molar refractivity (Wildman–Crippen MR) is 82.5 cm³/mol. The minimum absolute atomic E-state index is 0.187. The van der Waals surface area contributed by atoms with Gasteiger partial charge in [0.1, 0.15) is 18.5 Å². The molecule has 2 aromatic rings. The molecule has 1 amide bonds. The molecule has 1 fully saturated rings. The van der Waals surface area contributed by atoms with Crippen molar-refractivity contribution in [2.45, 2.75) is 45.1 Å². The molecule has 116 valence electrons. The Morgan fingerprint density at radius 2 is 2.27 bits per heavy atom. The Balaban J connectivity index is 1.66. The molecule has 0 bridgehead atoms. The quantitative estimate of drug-likeness (QED) is 0.866. The summed E-state index contributed by atoms with van der Waals surface area (Å²) in [5.74, 6) is 1.01. The van der Waals surface area contributed by atoms with Crippen LogP contribution in [-0.2, 0) is 11.2 Å². The fraction of sp³-hybridized carbons (Fsp3) is 0.500. The van der Waals surface area contributed by atoms with Gasteiger partial charge in [-0.15, -0.1) is 0 Å². The van der Waals surface area contributed by atoms with Gasteiger partial charge in [0.05, 0.1) is 0 Å². The highest BCUT2D eigenvalue weighted by Gasteiger charge is 2.24. The maximum atomic E-state index is 11.7. The van der Waals surface area contributed by atoms with Crippen molar-refractivity contribution in [2.24, 2.45) is 0 Å². The highest BCUT2D eigenvalue weighted by atomic mass is 16.2. The topological polar surface area (TPSA) is 63.9 Å². The van der Waals surface area contributed by atoms with E-state index in [-0.39, 0.29) is 5.91 Å². The Morgan fingerprint density at radius 1 is 1.36 bits per heavy atom. The maximum absolute atomic E-state index is 11.7. The van der Waals surface area contributed by atoms with E-state index >= 15 is 0 Å². The Kier molecular flexibility index (Phi) is 4.46. The lowest BCUT2D eigenvalue weighted by atomic mass is 9.97. The summed E-state index contributed by atoms with van der Waals surface area (Å²) in [6.07, 6.45) is 12.2. The lowest BCUT2D eigenvalue weighted by molar-refractivity contribution is -0.132. The minimum atomic E-state index is 0.187. The van der Waals surface area contributed by atoms with Crippen LogP contribution in [0.3, 0.4) is 0 Å². The number of amides is 1. The van der Waals surface area contributed by atoms with Gasteiger partial charge in [0, 0.05) is 43.7 Å². The van der Waals surface area contributed by atoms with Crippen LogP contribution in [0.15, 0.2) is 31.1 Å². The van der Waals surface area contributed by atoms with Crippen LogP contribution in [0.1, 0.15) is 38.3 Å². The Labute approximate surface area is 130 Å². The molecule has 6 heteroatoms. The third kappa shape index (κ3) is 3.32. The normalized spacial score (nSPS) is 18.4. The minimum Gasteiger partial charge on any atom is -0.340 e. The van der Waals surface area contributed by atoms with Crippen LogP contribution in [0.25, 0.3) is 5.82 Å². The highest BCUT2D eigenvalue weighted by molar-refractivity contribution is 5.73. The first kappa shape index (κ1) is 14.7. The van der Waals surface area contributed by atoms with E-state index in [0.717, 1.165) is 43.7 Å². The first-order valence-corrected chi connectivity index (χ1v) is 7.80. The number of aryl methyl sites for hydroxylation is 1. The van der Waals surface area contributed by atoms with E-state index in [1.165, 1.54) is 6.42 Å².